The third-order valence-corrected chi connectivity index (χ3v) is 9.56. The highest BCUT2D eigenvalue weighted by atomic mass is 15.3. The maximum Gasteiger partial charge on any atom is 0.130 e. The van der Waals surface area contributed by atoms with Crippen molar-refractivity contribution in [3.63, 3.8) is 0 Å². The SMILES string of the molecule is C1=C(c2ccc(N(c3ccccc3)c3cccc4ccccc34)cc2)NCC(c2ccc(C3Nc4ccccc4N3c3ccccc3)cc2)=N1. The molecule has 0 fully saturated rings. The van der Waals surface area contributed by atoms with Crippen LogP contribution in [0.25, 0.3) is 16.5 Å². The minimum Gasteiger partial charge on any atom is -0.378 e. The summed E-state index contributed by atoms with van der Waals surface area (Å²) >= 11 is 0. The Hall–Kier alpha value is -6.59. The number of benzene rings is 7. The minimum absolute atomic E-state index is 0.00293. The minimum atomic E-state index is 0.00293. The maximum absolute atomic E-state index is 4.92. The van der Waals surface area contributed by atoms with E-state index in [2.05, 4.69) is 196 Å². The molecule has 5 nitrogen and oxygen atoms in total. The largest absolute Gasteiger partial charge is 0.378 e. The van der Waals surface area contributed by atoms with Crippen LogP contribution < -0.4 is 20.4 Å². The molecule has 1 unspecified atom stereocenters. The fourth-order valence-electron chi connectivity index (χ4n) is 7.09. The van der Waals surface area contributed by atoms with Gasteiger partial charge in [-0.05, 0) is 76.7 Å². The fraction of sp³-hybridized carbons (Fsp3) is 0.0444. The van der Waals surface area contributed by atoms with Crippen molar-refractivity contribution in [3.05, 3.63) is 199 Å². The van der Waals surface area contributed by atoms with Crippen molar-refractivity contribution >= 4 is 56.3 Å². The van der Waals surface area contributed by atoms with Crippen LogP contribution in [-0.2, 0) is 0 Å². The van der Waals surface area contributed by atoms with Crippen LogP contribution in [0.15, 0.2) is 187 Å². The van der Waals surface area contributed by atoms with Gasteiger partial charge in [-0.1, -0.05) is 121 Å². The number of hydrogen-bond donors (Lipinski definition) is 2. The van der Waals surface area contributed by atoms with Gasteiger partial charge in [-0.3, -0.25) is 4.99 Å². The topological polar surface area (TPSA) is 42.9 Å². The molecule has 2 N–H and O–H groups in total. The molecule has 9 rings (SSSR count). The molecule has 2 heterocycles. The number of rotatable bonds is 7. The molecule has 0 aliphatic carbocycles. The van der Waals surface area contributed by atoms with Crippen molar-refractivity contribution < 1.29 is 0 Å². The van der Waals surface area contributed by atoms with Crippen LogP contribution in [0.5, 0.6) is 0 Å². The number of nitrogens with one attached hydrogen (secondary N) is 2. The second-order valence-corrected chi connectivity index (χ2v) is 12.6. The zero-order valence-electron chi connectivity index (χ0n) is 27.4. The Morgan fingerprint density at radius 1 is 0.580 bits per heavy atom. The van der Waals surface area contributed by atoms with Crippen molar-refractivity contribution in [2.75, 3.05) is 21.7 Å². The third-order valence-electron chi connectivity index (χ3n) is 9.56. The smallest absolute Gasteiger partial charge is 0.130 e. The molecule has 2 aliphatic heterocycles. The van der Waals surface area contributed by atoms with Crippen LogP contribution in [-0.4, -0.2) is 12.3 Å². The lowest BCUT2D eigenvalue weighted by molar-refractivity contribution is 0.828. The Morgan fingerprint density at radius 3 is 2.02 bits per heavy atom. The van der Waals surface area contributed by atoms with Crippen molar-refractivity contribution in [1.29, 1.82) is 0 Å². The van der Waals surface area contributed by atoms with Crippen molar-refractivity contribution in [1.82, 2.24) is 5.32 Å². The molecule has 2 aliphatic rings. The number of aliphatic imine (C=N–C) groups is 1. The Balaban J connectivity index is 0.965. The van der Waals surface area contributed by atoms with E-state index in [0.29, 0.717) is 6.54 Å². The first-order valence-electron chi connectivity index (χ1n) is 17.0. The highest BCUT2D eigenvalue weighted by Gasteiger charge is 2.31. The summed E-state index contributed by atoms with van der Waals surface area (Å²) in [5.41, 5.74) is 12.3. The van der Waals surface area contributed by atoms with Gasteiger partial charge in [-0.2, -0.15) is 0 Å². The first-order valence-corrected chi connectivity index (χ1v) is 17.0. The molecule has 7 aromatic rings. The van der Waals surface area contributed by atoms with Crippen LogP contribution in [0.3, 0.4) is 0 Å². The van der Waals surface area contributed by atoms with Gasteiger partial charge in [0.1, 0.15) is 6.17 Å². The van der Waals surface area contributed by atoms with E-state index in [0.717, 1.165) is 51.0 Å². The number of para-hydroxylation sites is 4. The number of nitrogens with zero attached hydrogens (tertiary/aromatic N) is 3. The first kappa shape index (κ1) is 29.5. The van der Waals surface area contributed by atoms with Gasteiger partial charge in [0.05, 0.1) is 41.2 Å². The number of hydrogen-bond acceptors (Lipinski definition) is 5. The third kappa shape index (κ3) is 5.45. The van der Waals surface area contributed by atoms with Crippen LogP contribution in [0.1, 0.15) is 22.9 Å². The summed E-state index contributed by atoms with van der Waals surface area (Å²) in [5, 5.41) is 9.79. The van der Waals surface area contributed by atoms with Gasteiger partial charge in [0.25, 0.3) is 0 Å². The van der Waals surface area contributed by atoms with Gasteiger partial charge in [0, 0.05) is 22.4 Å². The lowest BCUT2D eigenvalue weighted by atomic mass is 10.0. The van der Waals surface area contributed by atoms with E-state index in [4.69, 9.17) is 4.99 Å². The van der Waals surface area contributed by atoms with Crippen LogP contribution >= 0.6 is 0 Å². The van der Waals surface area contributed by atoms with Crippen molar-refractivity contribution in [2.45, 2.75) is 6.17 Å². The molecule has 0 radical (unpaired) electrons. The average Bonchev–Trinajstić information content (AvgIpc) is 3.59. The molecule has 5 heteroatoms. The van der Waals surface area contributed by atoms with Crippen molar-refractivity contribution in [3.8, 4) is 0 Å². The lowest BCUT2D eigenvalue weighted by Crippen LogP contribution is -2.26. The van der Waals surface area contributed by atoms with E-state index in [1.54, 1.807) is 0 Å². The molecule has 0 spiro atoms. The van der Waals surface area contributed by atoms with Crippen molar-refractivity contribution in [2.24, 2.45) is 4.99 Å². The van der Waals surface area contributed by atoms with Gasteiger partial charge in [0.15, 0.2) is 0 Å². The quantitative estimate of drug-likeness (QED) is 0.181. The average molecular weight is 646 g/mol. The summed E-state index contributed by atoms with van der Waals surface area (Å²) in [7, 11) is 0. The maximum atomic E-state index is 4.92. The monoisotopic (exact) mass is 645 g/mol. The summed E-state index contributed by atoms with van der Waals surface area (Å²) in [5.74, 6) is 0. The Labute approximate surface area is 292 Å². The van der Waals surface area contributed by atoms with E-state index in [1.165, 1.54) is 22.0 Å². The molecule has 240 valence electrons. The molecule has 0 bridgehead atoms. The predicted octanol–water partition coefficient (Wildman–Crippen LogP) is 11.0. The van der Waals surface area contributed by atoms with E-state index in [9.17, 15) is 0 Å². The first-order chi connectivity index (χ1) is 24.8. The van der Waals surface area contributed by atoms with Gasteiger partial charge >= 0.3 is 0 Å². The molecule has 7 aromatic carbocycles. The van der Waals surface area contributed by atoms with Gasteiger partial charge in [0.2, 0.25) is 0 Å². The summed E-state index contributed by atoms with van der Waals surface area (Å²) in [6.45, 7) is 0.655. The van der Waals surface area contributed by atoms with Gasteiger partial charge in [-0.25, -0.2) is 0 Å². The zero-order chi connectivity index (χ0) is 33.3. The molecular formula is C45H35N5. The zero-order valence-corrected chi connectivity index (χ0v) is 27.4. The molecule has 0 saturated heterocycles. The Bertz CT molecular complexity index is 2340. The standard InChI is InChI=1S/C45H35N5/c1-3-14-36(15-4-1)49(43-21-11-13-32-12-7-8-18-39(32)43)38-28-26-34(27-29-38)42-31-46-41(30-47-42)33-22-24-35(25-23-33)45-48-40-19-9-10-20-44(40)50(45)37-16-5-2-6-17-37/h1-29,31,45,47-48H,30H2. The predicted molar refractivity (Wildman–Crippen MR) is 209 cm³/mol. The molecule has 50 heavy (non-hydrogen) atoms. The Morgan fingerprint density at radius 2 is 1.24 bits per heavy atom. The van der Waals surface area contributed by atoms with Crippen LogP contribution in [0.4, 0.5) is 34.1 Å². The number of anilines is 6. The highest BCUT2D eigenvalue weighted by Crippen LogP contribution is 2.46. The number of fused-ring (bicyclic) bond motifs is 2. The summed E-state index contributed by atoms with van der Waals surface area (Å²) in [6.07, 6.45) is 1.96. The summed E-state index contributed by atoms with van der Waals surface area (Å²) in [4.78, 5) is 9.62. The normalized spacial score (nSPS) is 15.0. The van der Waals surface area contributed by atoms with E-state index >= 15 is 0 Å². The second kappa shape index (κ2) is 12.8. The fourth-order valence-corrected chi connectivity index (χ4v) is 7.09. The van der Waals surface area contributed by atoms with Gasteiger partial charge < -0.3 is 20.4 Å². The molecule has 1 atom stereocenters. The highest BCUT2D eigenvalue weighted by molar-refractivity contribution is 6.04. The lowest BCUT2D eigenvalue weighted by Gasteiger charge is -2.27. The summed E-state index contributed by atoms with van der Waals surface area (Å²) in [6, 6.07) is 62.2. The molecule has 0 aromatic heterocycles. The molecular weight excluding hydrogens is 611 g/mol. The second-order valence-electron chi connectivity index (χ2n) is 12.6. The van der Waals surface area contributed by atoms with Crippen LogP contribution in [0.2, 0.25) is 0 Å². The van der Waals surface area contributed by atoms with Gasteiger partial charge in [-0.15, -0.1) is 0 Å². The van der Waals surface area contributed by atoms with Crippen LogP contribution in [0, 0.1) is 0 Å². The molecule has 0 amide bonds. The van der Waals surface area contributed by atoms with E-state index in [-0.39, 0.29) is 6.17 Å². The summed E-state index contributed by atoms with van der Waals surface area (Å²) < 4.78 is 0. The van der Waals surface area contributed by atoms with E-state index < -0.39 is 0 Å². The Kier molecular flexibility index (Phi) is 7.56. The molecule has 0 saturated carbocycles. The van der Waals surface area contributed by atoms with E-state index in [1.807, 2.05) is 6.20 Å².